The van der Waals surface area contributed by atoms with Gasteiger partial charge in [-0.2, -0.15) is 0 Å². The van der Waals surface area contributed by atoms with Crippen molar-refractivity contribution in [2.24, 2.45) is 0 Å². The molecule has 1 saturated heterocycles. The van der Waals surface area contributed by atoms with Gasteiger partial charge in [0.1, 0.15) is 12.7 Å². The number of anilines is 1. The van der Waals surface area contributed by atoms with E-state index >= 15 is 0 Å². The Morgan fingerprint density at radius 3 is 2.20 bits per heavy atom. The topological polar surface area (TPSA) is 80.3 Å². The minimum atomic E-state index is -0.397. The van der Waals surface area contributed by atoms with Gasteiger partial charge < -0.3 is 19.5 Å². The van der Waals surface area contributed by atoms with E-state index in [9.17, 15) is 9.59 Å². The van der Waals surface area contributed by atoms with Crippen molar-refractivity contribution in [3.05, 3.63) is 53.6 Å². The quantitative estimate of drug-likeness (QED) is 0.492. The number of para-hydroxylation sites is 3. The molecule has 1 atom stereocenters. The molecule has 2 aromatic rings. The van der Waals surface area contributed by atoms with Crippen LogP contribution in [0.4, 0.5) is 5.69 Å². The first kappa shape index (κ1) is 26.5. The van der Waals surface area contributed by atoms with Crippen molar-refractivity contribution in [3.8, 4) is 11.5 Å². The number of carbonyl (C=O) groups excluding carboxylic acids is 2. The second kappa shape index (κ2) is 13.1. The number of carbonyl (C=O) groups is 2. The lowest BCUT2D eigenvalue weighted by atomic mass is 10.1. The molecule has 2 aromatic carbocycles. The Morgan fingerprint density at radius 2 is 1.57 bits per heavy atom. The van der Waals surface area contributed by atoms with E-state index in [-0.39, 0.29) is 18.5 Å². The summed E-state index contributed by atoms with van der Waals surface area (Å²) < 4.78 is 16.9. The zero-order valence-electron chi connectivity index (χ0n) is 21.2. The third-order valence-corrected chi connectivity index (χ3v) is 6.12. The number of amides is 1. The number of esters is 1. The third kappa shape index (κ3) is 7.97. The molecule has 0 radical (unpaired) electrons. The molecule has 1 amide bonds. The molecule has 0 bridgehead atoms. The largest absolute Gasteiger partial charge is 0.493 e. The van der Waals surface area contributed by atoms with Crippen LogP contribution in [0.15, 0.2) is 42.5 Å². The van der Waals surface area contributed by atoms with Crippen molar-refractivity contribution in [3.63, 3.8) is 0 Å². The van der Waals surface area contributed by atoms with Gasteiger partial charge in [0.15, 0.2) is 11.5 Å². The molecule has 35 heavy (non-hydrogen) atoms. The highest BCUT2D eigenvalue weighted by molar-refractivity contribution is 5.93. The highest BCUT2D eigenvalue weighted by atomic mass is 16.6. The van der Waals surface area contributed by atoms with Gasteiger partial charge in [-0.05, 0) is 37.1 Å². The molecule has 8 nitrogen and oxygen atoms in total. The lowest BCUT2D eigenvalue weighted by Gasteiger charge is -2.35. The lowest BCUT2D eigenvalue weighted by molar-refractivity contribution is -0.151. The number of ether oxygens (including phenoxy) is 3. The molecule has 0 aromatic heterocycles. The molecular weight excluding hydrogens is 446 g/mol. The Labute approximate surface area is 208 Å². The molecule has 1 heterocycles. The van der Waals surface area contributed by atoms with E-state index in [4.69, 9.17) is 14.2 Å². The SMILES string of the molecule is CCC(=O)OC(COc1ccccc1OC)CN1CCN(CC(=O)Nc2c(C)cccc2C)CC1. The summed E-state index contributed by atoms with van der Waals surface area (Å²) in [6.07, 6.45) is -0.0831. The van der Waals surface area contributed by atoms with Crippen LogP contribution in [0.5, 0.6) is 11.5 Å². The first-order chi connectivity index (χ1) is 16.9. The first-order valence-electron chi connectivity index (χ1n) is 12.2. The van der Waals surface area contributed by atoms with Crippen LogP contribution in [0.2, 0.25) is 0 Å². The Morgan fingerprint density at radius 1 is 0.943 bits per heavy atom. The van der Waals surface area contributed by atoms with Crippen molar-refractivity contribution in [1.82, 2.24) is 9.80 Å². The monoisotopic (exact) mass is 483 g/mol. The van der Waals surface area contributed by atoms with E-state index < -0.39 is 6.10 Å². The molecule has 1 aliphatic heterocycles. The molecule has 0 spiro atoms. The molecular formula is C27H37N3O5. The molecule has 0 aliphatic carbocycles. The normalized spacial score (nSPS) is 15.3. The Bertz CT molecular complexity index is 968. The van der Waals surface area contributed by atoms with Crippen LogP contribution in [0.3, 0.4) is 0 Å². The molecule has 1 aliphatic rings. The van der Waals surface area contributed by atoms with Gasteiger partial charge in [-0.25, -0.2) is 0 Å². The van der Waals surface area contributed by atoms with Crippen LogP contribution in [-0.2, 0) is 14.3 Å². The van der Waals surface area contributed by atoms with E-state index in [1.807, 2.05) is 56.3 Å². The zero-order chi connectivity index (χ0) is 25.2. The maximum Gasteiger partial charge on any atom is 0.305 e. The van der Waals surface area contributed by atoms with Crippen LogP contribution in [0.1, 0.15) is 24.5 Å². The zero-order valence-corrected chi connectivity index (χ0v) is 21.2. The van der Waals surface area contributed by atoms with E-state index in [0.29, 0.717) is 31.0 Å². The minimum absolute atomic E-state index is 0.00388. The van der Waals surface area contributed by atoms with Crippen molar-refractivity contribution in [2.75, 3.05) is 58.3 Å². The summed E-state index contributed by atoms with van der Waals surface area (Å²) in [7, 11) is 1.60. The van der Waals surface area contributed by atoms with Crippen molar-refractivity contribution >= 4 is 17.6 Å². The van der Waals surface area contributed by atoms with Crippen molar-refractivity contribution in [2.45, 2.75) is 33.3 Å². The number of nitrogens with zero attached hydrogens (tertiary/aromatic N) is 2. The van der Waals surface area contributed by atoms with Gasteiger partial charge in [0.2, 0.25) is 5.91 Å². The molecule has 190 valence electrons. The third-order valence-electron chi connectivity index (χ3n) is 6.12. The Kier molecular flexibility index (Phi) is 9.93. The average Bonchev–Trinajstić information content (AvgIpc) is 2.86. The van der Waals surface area contributed by atoms with Crippen LogP contribution in [0, 0.1) is 13.8 Å². The molecule has 1 N–H and O–H groups in total. The summed E-state index contributed by atoms with van der Waals surface area (Å²) in [4.78, 5) is 29.0. The number of methoxy groups -OCH3 is 1. The van der Waals surface area contributed by atoms with Gasteiger partial charge in [0.05, 0.1) is 13.7 Å². The second-order valence-corrected chi connectivity index (χ2v) is 8.82. The fraction of sp³-hybridized carbons (Fsp3) is 0.481. The van der Waals surface area contributed by atoms with Crippen LogP contribution in [-0.4, -0.2) is 80.8 Å². The number of rotatable bonds is 11. The Hall–Kier alpha value is -3.10. The van der Waals surface area contributed by atoms with Gasteiger partial charge in [0.25, 0.3) is 0 Å². The predicted octanol–water partition coefficient (Wildman–Crippen LogP) is 3.27. The number of aryl methyl sites for hydroxylation is 2. The van der Waals surface area contributed by atoms with Crippen LogP contribution >= 0.6 is 0 Å². The smallest absolute Gasteiger partial charge is 0.305 e. The fourth-order valence-corrected chi connectivity index (χ4v) is 4.13. The van der Waals surface area contributed by atoms with Crippen LogP contribution < -0.4 is 14.8 Å². The van der Waals surface area contributed by atoms with Gasteiger partial charge in [-0.1, -0.05) is 37.3 Å². The van der Waals surface area contributed by atoms with Gasteiger partial charge in [-0.3, -0.25) is 19.4 Å². The summed E-state index contributed by atoms with van der Waals surface area (Å²) >= 11 is 0. The summed E-state index contributed by atoms with van der Waals surface area (Å²) in [6.45, 7) is 10.0. The fourth-order valence-electron chi connectivity index (χ4n) is 4.13. The summed E-state index contributed by atoms with van der Waals surface area (Å²) in [5, 5.41) is 3.06. The molecule has 1 unspecified atom stereocenters. The van der Waals surface area contributed by atoms with Gasteiger partial charge >= 0.3 is 5.97 Å². The standard InChI is InChI=1S/C27H37N3O5/c1-5-26(32)35-22(19-34-24-12-7-6-11-23(24)33-4)17-29-13-15-30(16-14-29)18-25(31)28-27-20(2)9-8-10-21(27)3/h6-12,22H,5,13-19H2,1-4H3,(H,28,31). The van der Waals surface area contributed by atoms with E-state index in [0.717, 1.165) is 43.0 Å². The number of benzene rings is 2. The van der Waals surface area contributed by atoms with E-state index in [2.05, 4.69) is 15.1 Å². The van der Waals surface area contributed by atoms with E-state index in [1.165, 1.54) is 0 Å². The summed E-state index contributed by atoms with van der Waals surface area (Å²) in [5.41, 5.74) is 3.02. The number of piperazine rings is 1. The minimum Gasteiger partial charge on any atom is -0.493 e. The van der Waals surface area contributed by atoms with Crippen LogP contribution in [0.25, 0.3) is 0 Å². The molecule has 0 saturated carbocycles. The van der Waals surface area contributed by atoms with E-state index in [1.54, 1.807) is 14.0 Å². The summed E-state index contributed by atoms with van der Waals surface area (Å²) in [6, 6.07) is 13.4. The average molecular weight is 484 g/mol. The Balaban J connectivity index is 1.49. The molecule has 8 heteroatoms. The van der Waals surface area contributed by atoms with Gasteiger partial charge in [0, 0.05) is 44.8 Å². The molecule has 3 rings (SSSR count). The van der Waals surface area contributed by atoms with Crippen molar-refractivity contribution in [1.29, 1.82) is 0 Å². The highest BCUT2D eigenvalue weighted by Crippen LogP contribution is 2.26. The van der Waals surface area contributed by atoms with Gasteiger partial charge in [-0.15, -0.1) is 0 Å². The number of hydrogen-bond donors (Lipinski definition) is 1. The maximum absolute atomic E-state index is 12.6. The highest BCUT2D eigenvalue weighted by Gasteiger charge is 2.24. The number of nitrogens with one attached hydrogen (secondary N) is 1. The lowest BCUT2D eigenvalue weighted by Crippen LogP contribution is -2.51. The summed E-state index contributed by atoms with van der Waals surface area (Å²) in [5.74, 6) is 1.00. The second-order valence-electron chi connectivity index (χ2n) is 8.82. The predicted molar refractivity (Wildman–Crippen MR) is 136 cm³/mol. The maximum atomic E-state index is 12.6. The number of hydrogen-bond acceptors (Lipinski definition) is 7. The molecule has 1 fully saturated rings. The van der Waals surface area contributed by atoms with Crippen molar-refractivity contribution < 1.29 is 23.8 Å². The first-order valence-corrected chi connectivity index (χ1v) is 12.2.